The number of rotatable bonds is 28. The standard InChI is InChI=1S/C47H68O5/c1-4-7-10-13-16-19-22-25-38-28-32-41(33-29-38)51-46(49)43-36-40(27-24-21-18-15-12-9-6-3)37-44(45(43)48)47(50)52-42-34-30-39(31-35-42)26-23-20-17-14-11-8-5-2/h28-37,48H,4-27H2,1-3H3. The van der Waals surface area contributed by atoms with E-state index >= 15 is 0 Å². The average molecular weight is 713 g/mol. The largest absolute Gasteiger partial charge is 0.506 e. The van der Waals surface area contributed by atoms with Gasteiger partial charge < -0.3 is 14.6 Å². The zero-order valence-corrected chi connectivity index (χ0v) is 32.8. The van der Waals surface area contributed by atoms with Crippen LogP contribution >= 0.6 is 0 Å². The molecule has 5 heteroatoms. The molecule has 0 aliphatic heterocycles. The third kappa shape index (κ3) is 16.8. The van der Waals surface area contributed by atoms with E-state index in [-0.39, 0.29) is 11.1 Å². The van der Waals surface area contributed by atoms with Crippen LogP contribution in [0.3, 0.4) is 0 Å². The Balaban J connectivity index is 1.64. The fraction of sp³-hybridized carbons (Fsp3) is 0.574. The predicted molar refractivity (Wildman–Crippen MR) is 216 cm³/mol. The summed E-state index contributed by atoms with van der Waals surface area (Å²) in [6.45, 7) is 6.70. The van der Waals surface area contributed by atoms with E-state index in [2.05, 4.69) is 20.8 Å². The number of carbonyl (C=O) groups excluding carboxylic acids is 2. The van der Waals surface area contributed by atoms with Crippen LogP contribution in [-0.4, -0.2) is 17.0 Å². The minimum Gasteiger partial charge on any atom is -0.506 e. The number of hydrogen-bond acceptors (Lipinski definition) is 5. The molecule has 0 spiro atoms. The van der Waals surface area contributed by atoms with Crippen molar-refractivity contribution < 1.29 is 24.2 Å². The summed E-state index contributed by atoms with van der Waals surface area (Å²) in [6.07, 6.45) is 28.5. The summed E-state index contributed by atoms with van der Waals surface area (Å²) in [4.78, 5) is 27.0. The lowest BCUT2D eigenvalue weighted by Gasteiger charge is -2.13. The SMILES string of the molecule is CCCCCCCCCc1ccc(OC(=O)c2cc(CCCCCCCCC)cc(C(=O)Oc3ccc(CCCCCCCCC)cc3)c2O)cc1. The van der Waals surface area contributed by atoms with Crippen LogP contribution in [0, 0.1) is 0 Å². The van der Waals surface area contributed by atoms with Gasteiger partial charge in [-0.05, 0) is 91.6 Å². The van der Waals surface area contributed by atoms with Crippen LogP contribution in [0.1, 0.15) is 193 Å². The van der Waals surface area contributed by atoms with Gasteiger partial charge in [0.15, 0.2) is 0 Å². The summed E-state index contributed by atoms with van der Waals surface area (Å²) in [6, 6.07) is 18.6. The molecule has 0 heterocycles. The molecular formula is C47H68O5. The van der Waals surface area contributed by atoms with Gasteiger partial charge in [-0.15, -0.1) is 0 Å². The second kappa shape index (κ2) is 26.2. The third-order valence-electron chi connectivity index (χ3n) is 10.1. The summed E-state index contributed by atoms with van der Waals surface area (Å²) >= 11 is 0. The molecule has 3 aromatic rings. The van der Waals surface area contributed by atoms with E-state index in [9.17, 15) is 14.7 Å². The highest BCUT2D eigenvalue weighted by Crippen LogP contribution is 2.29. The zero-order chi connectivity index (χ0) is 37.2. The quantitative estimate of drug-likeness (QED) is 0.0461. The fourth-order valence-corrected chi connectivity index (χ4v) is 6.78. The third-order valence-corrected chi connectivity index (χ3v) is 10.1. The highest BCUT2D eigenvalue weighted by atomic mass is 16.5. The second-order valence-corrected chi connectivity index (χ2v) is 14.7. The summed E-state index contributed by atoms with van der Waals surface area (Å²) in [5, 5.41) is 11.3. The van der Waals surface area contributed by atoms with Crippen LogP contribution in [-0.2, 0) is 19.3 Å². The number of aromatic hydroxyl groups is 1. The molecule has 1 N–H and O–H groups in total. The molecule has 0 atom stereocenters. The van der Waals surface area contributed by atoms with Crippen molar-refractivity contribution >= 4 is 11.9 Å². The zero-order valence-electron chi connectivity index (χ0n) is 32.8. The van der Waals surface area contributed by atoms with Crippen molar-refractivity contribution in [2.24, 2.45) is 0 Å². The molecule has 52 heavy (non-hydrogen) atoms. The molecular weight excluding hydrogens is 645 g/mol. The first kappa shape index (κ1) is 42.8. The van der Waals surface area contributed by atoms with Crippen molar-refractivity contribution in [2.45, 2.75) is 175 Å². The van der Waals surface area contributed by atoms with E-state index in [1.54, 1.807) is 36.4 Å². The molecule has 0 radical (unpaired) electrons. The van der Waals surface area contributed by atoms with Gasteiger partial charge in [0.2, 0.25) is 0 Å². The van der Waals surface area contributed by atoms with E-state index in [1.165, 1.54) is 114 Å². The van der Waals surface area contributed by atoms with E-state index in [0.717, 1.165) is 50.5 Å². The number of phenols is 1. The number of unbranched alkanes of at least 4 members (excludes halogenated alkanes) is 18. The lowest BCUT2D eigenvalue weighted by Crippen LogP contribution is -2.14. The minimum absolute atomic E-state index is 0.0235. The first-order valence-corrected chi connectivity index (χ1v) is 20.9. The molecule has 0 saturated heterocycles. The number of hydrogen-bond donors (Lipinski definition) is 1. The maximum Gasteiger partial charge on any atom is 0.347 e. The van der Waals surface area contributed by atoms with Gasteiger partial charge in [-0.2, -0.15) is 0 Å². The highest BCUT2D eigenvalue weighted by molar-refractivity contribution is 6.01. The molecule has 3 aromatic carbocycles. The van der Waals surface area contributed by atoms with Crippen LogP contribution in [0.4, 0.5) is 0 Å². The van der Waals surface area contributed by atoms with Gasteiger partial charge in [-0.1, -0.05) is 161 Å². The van der Waals surface area contributed by atoms with E-state index in [1.807, 2.05) is 24.3 Å². The van der Waals surface area contributed by atoms with Crippen molar-refractivity contribution in [3.05, 3.63) is 88.5 Å². The van der Waals surface area contributed by atoms with Gasteiger partial charge in [0.25, 0.3) is 0 Å². The topological polar surface area (TPSA) is 72.8 Å². The molecule has 0 aromatic heterocycles. The Hall–Kier alpha value is -3.60. The smallest absolute Gasteiger partial charge is 0.347 e. The Morgan fingerprint density at radius 1 is 0.423 bits per heavy atom. The fourth-order valence-electron chi connectivity index (χ4n) is 6.78. The summed E-state index contributed by atoms with van der Waals surface area (Å²) in [5.74, 6) is -0.980. The Morgan fingerprint density at radius 3 is 1.04 bits per heavy atom. The molecule has 0 bridgehead atoms. The molecule has 0 aliphatic carbocycles. The summed E-state index contributed by atoms with van der Waals surface area (Å²) < 4.78 is 11.5. The molecule has 0 saturated carbocycles. The number of esters is 2. The van der Waals surface area contributed by atoms with Gasteiger partial charge in [0, 0.05) is 0 Å². The van der Waals surface area contributed by atoms with Gasteiger partial charge in [0.05, 0.1) is 0 Å². The Kier molecular flexibility index (Phi) is 21.6. The number of ether oxygens (including phenoxy) is 2. The van der Waals surface area contributed by atoms with Crippen LogP contribution in [0.25, 0.3) is 0 Å². The van der Waals surface area contributed by atoms with E-state index < -0.39 is 17.7 Å². The van der Waals surface area contributed by atoms with E-state index in [0.29, 0.717) is 17.9 Å². The number of benzene rings is 3. The lowest BCUT2D eigenvalue weighted by atomic mass is 9.99. The van der Waals surface area contributed by atoms with Gasteiger partial charge in [0.1, 0.15) is 28.4 Å². The molecule has 3 rings (SSSR count). The number of aryl methyl sites for hydroxylation is 3. The minimum atomic E-state index is -0.692. The molecule has 0 aliphatic rings. The van der Waals surface area contributed by atoms with Crippen LogP contribution < -0.4 is 9.47 Å². The number of carbonyl (C=O) groups is 2. The van der Waals surface area contributed by atoms with E-state index in [4.69, 9.17) is 9.47 Å². The summed E-state index contributed by atoms with van der Waals surface area (Å²) in [5.41, 5.74) is 3.18. The normalized spacial score (nSPS) is 11.1. The molecule has 286 valence electrons. The monoisotopic (exact) mass is 713 g/mol. The Morgan fingerprint density at radius 2 is 0.712 bits per heavy atom. The van der Waals surface area contributed by atoms with Crippen LogP contribution in [0.5, 0.6) is 17.2 Å². The molecule has 5 nitrogen and oxygen atoms in total. The van der Waals surface area contributed by atoms with Crippen molar-refractivity contribution in [1.82, 2.24) is 0 Å². The first-order chi connectivity index (χ1) is 25.4. The predicted octanol–water partition coefficient (Wildman–Crippen LogP) is 13.7. The van der Waals surface area contributed by atoms with Crippen LogP contribution in [0.2, 0.25) is 0 Å². The Labute approximate surface area is 315 Å². The van der Waals surface area contributed by atoms with Crippen molar-refractivity contribution in [2.75, 3.05) is 0 Å². The van der Waals surface area contributed by atoms with Crippen LogP contribution in [0.15, 0.2) is 60.7 Å². The van der Waals surface area contributed by atoms with Gasteiger partial charge in [-0.25, -0.2) is 9.59 Å². The van der Waals surface area contributed by atoms with Crippen molar-refractivity contribution in [3.8, 4) is 17.2 Å². The first-order valence-electron chi connectivity index (χ1n) is 20.9. The molecule has 0 unspecified atom stereocenters. The average Bonchev–Trinajstić information content (AvgIpc) is 3.15. The molecule has 0 fully saturated rings. The maximum atomic E-state index is 13.5. The lowest BCUT2D eigenvalue weighted by molar-refractivity contribution is 0.0728. The van der Waals surface area contributed by atoms with Crippen molar-refractivity contribution in [3.63, 3.8) is 0 Å². The maximum absolute atomic E-state index is 13.5. The number of phenolic OH excluding ortho intramolecular Hbond substituents is 1. The van der Waals surface area contributed by atoms with Crippen molar-refractivity contribution in [1.29, 1.82) is 0 Å². The molecule has 0 amide bonds. The summed E-state index contributed by atoms with van der Waals surface area (Å²) in [7, 11) is 0. The second-order valence-electron chi connectivity index (χ2n) is 14.7. The Bertz CT molecular complexity index is 1310. The van der Waals surface area contributed by atoms with Gasteiger partial charge in [-0.3, -0.25) is 0 Å². The van der Waals surface area contributed by atoms with Gasteiger partial charge >= 0.3 is 11.9 Å². The highest BCUT2D eigenvalue weighted by Gasteiger charge is 2.24.